The van der Waals surface area contributed by atoms with Gasteiger partial charge < -0.3 is 15.0 Å². The van der Waals surface area contributed by atoms with E-state index in [9.17, 15) is 4.79 Å². The van der Waals surface area contributed by atoms with Crippen molar-refractivity contribution in [2.45, 2.75) is 13.1 Å². The molecule has 0 radical (unpaired) electrons. The van der Waals surface area contributed by atoms with Crippen molar-refractivity contribution in [1.29, 1.82) is 0 Å². The molecule has 2 heterocycles. The van der Waals surface area contributed by atoms with Crippen molar-refractivity contribution in [2.24, 2.45) is 0 Å². The summed E-state index contributed by atoms with van der Waals surface area (Å²) in [5, 5.41) is 8.00. The Kier molecular flexibility index (Phi) is 4.57. The summed E-state index contributed by atoms with van der Waals surface area (Å²) >= 11 is 0. The molecule has 0 bridgehead atoms. The zero-order valence-corrected chi connectivity index (χ0v) is 14.8. The molecule has 4 rings (SSSR count). The highest BCUT2D eigenvalue weighted by molar-refractivity contribution is 5.98. The molecule has 4 aromatic rings. The van der Waals surface area contributed by atoms with Gasteiger partial charge in [0.05, 0.1) is 13.7 Å². The monoisotopic (exact) mass is 361 g/mol. The predicted octanol–water partition coefficient (Wildman–Crippen LogP) is 2.75. The second-order valence-electron chi connectivity index (χ2n) is 6.23. The van der Waals surface area contributed by atoms with Crippen molar-refractivity contribution in [3.8, 4) is 5.75 Å². The van der Waals surface area contributed by atoms with Gasteiger partial charge in [-0.05, 0) is 29.3 Å². The van der Waals surface area contributed by atoms with Gasteiger partial charge in [0.15, 0.2) is 0 Å². The molecule has 0 fully saturated rings. The van der Waals surface area contributed by atoms with Crippen molar-refractivity contribution in [3.63, 3.8) is 0 Å². The van der Waals surface area contributed by atoms with Crippen LogP contribution in [0.4, 0.5) is 0 Å². The Morgan fingerprint density at radius 1 is 1.15 bits per heavy atom. The number of aromatic amines is 1. The number of nitrogens with one attached hydrogen (secondary N) is 2. The molecular formula is C20H19N5O2. The van der Waals surface area contributed by atoms with Gasteiger partial charge in [-0.15, -0.1) is 0 Å². The van der Waals surface area contributed by atoms with E-state index in [4.69, 9.17) is 4.74 Å². The minimum absolute atomic E-state index is 0.142. The van der Waals surface area contributed by atoms with Crippen LogP contribution in [0.3, 0.4) is 0 Å². The molecule has 27 heavy (non-hydrogen) atoms. The van der Waals surface area contributed by atoms with E-state index >= 15 is 0 Å². The smallest absolute Gasteiger partial charge is 0.267 e. The number of ether oxygens (including phenoxy) is 1. The van der Waals surface area contributed by atoms with Crippen molar-refractivity contribution < 1.29 is 9.53 Å². The lowest BCUT2D eigenvalue weighted by atomic mass is 10.1. The molecule has 2 N–H and O–H groups in total. The van der Waals surface area contributed by atoms with Gasteiger partial charge in [-0.25, -0.2) is 9.67 Å². The van der Waals surface area contributed by atoms with Crippen LogP contribution in [0.2, 0.25) is 0 Å². The number of aromatic nitrogens is 4. The molecule has 0 saturated heterocycles. The summed E-state index contributed by atoms with van der Waals surface area (Å²) in [5.74, 6) is 0.610. The van der Waals surface area contributed by atoms with Crippen LogP contribution in [0, 0.1) is 0 Å². The summed E-state index contributed by atoms with van der Waals surface area (Å²) in [5.41, 5.74) is 3.56. The maximum atomic E-state index is 12.4. The van der Waals surface area contributed by atoms with Gasteiger partial charge in [0.2, 0.25) is 0 Å². The number of hydrogen-bond acceptors (Lipinski definition) is 4. The number of amides is 1. The first-order chi connectivity index (χ1) is 13.2. The fourth-order valence-electron chi connectivity index (χ4n) is 2.90. The first-order valence-corrected chi connectivity index (χ1v) is 8.56. The van der Waals surface area contributed by atoms with E-state index in [1.54, 1.807) is 18.1 Å². The van der Waals surface area contributed by atoms with Crippen LogP contribution in [-0.2, 0) is 13.1 Å². The van der Waals surface area contributed by atoms with Crippen LogP contribution < -0.4 is 10.1 Å². The normalized spacial score (nSPS) is 10.9. The van der Waals surface area contributed by atoms with Crippen LogP contribution in [0.1, 0.15) is 21.6 Å². The Labute approximate surface area is 156 Å². The maximum Gasteiger partial charge on any atom is 0.267 e. The number of fused-ring (bicyclic) bond motifs is 1. The number of carbonyl (C=O) groups is 1. The zero-order valence-electron chi connectivity index (χ0n) is 14.8. The summed E-state index contributed by atoms with van der Waals surface area (Å²) in [4.78, 5) is 19.5. The topological polar surface area (TPSA) is 84.8 Å². The van der Waals surface area contributed by atoms with Crippen molar-refractivity contribution in [1.82, 2.24) is 25.1 Å². The second kappa shape index (κ2) is 7.33. The number of carbonyl (C=O) groups excluding carboxylic acids is 1. The highest BCUT2D eigenvalue weighted by Gasteiger charge is 2.10. The van der Waals surface area contributed by atoms with E-state index in [0.29, 0.717) is 18.8 Å². The molecule has 0 unspecified atom stereocenters. The molecule has 2 aromatic heterocycles. The summed E-state index contributed by atoms with van der Waals surface area (Å²) in [6, 6.07) is 15.6. The largest absolute Gasteiger partial charge is 0.497 e. The summed E-state index contributed by atoms with van der Waals surface area (Å²) in [7, 11) is 1.62. The number of benzene rings is 2. The summed E-state index contributed by atoms with van der Waals surface area (Å²) in [6.45, 7) is 1.13. The molecule has 0 spiro atoms. The molecule has 0 atom stereocenters. The number of rotatable bonds is 6. The standard InChI is InChI=1S/C20H19N5O2/c1-27-17-7-6-16-8-19(24-18(16)9-17)20(26)22-10-14-2-4-15(5-3-14)11-25-13-21-12-23-25/h2-9,12-13,24H,10-11H2,1H3,(H,22,26). The third-order valence-electron chi connectivity index (χ3n) is 4.36. The first-order valence-electron chi connectivity index (χ1n) is 8.56. The van der Waals surface area contributed by atoms with Gasteiger partial charge in [0.25, 0.3) is 5.91 Å². The third kappa shape index (κ3) is 3.82. The van der Waals surface area contributed by atoms with Crippen LogP contribution in [-0.4, -0.2) is 32.8 Å². The lowest BCUT2D eigenvalue weighted by Gasteiger charge is -2.06. The molecular weight excluding hydrogens is 342 g/mol. The van der Waals surface area contributed by atoms with Crippen LogP contribution in [0.15, 0.2) is 61.2 Å². The van der Waals surface area contributed by atoms with Crippen molar-refractivity contribution in [2.75, 3.05) is 7.11 Å². The Morgan fingerprint density at radius 3 is 2.70 bits per heavy atom. The minimum atomic E-state index is -0.142. The Morgan fingerprint density at radius 2 is 1.96 bits per heavy atom. The number of methoxy groups -OCH3 is 1. The van der Waals surface area contributed by atoms with E-state index in [0.717, 1.165) is 27.8 Å². The predicted molar refractivity (Wildman–Crippen MR) is 102 cm³/mol. The SMILES string of the molecule is COc1ccc2cc(C(=O)NCc3ccc(Cn4cncn4)cc3)[nH]c2c1. The average Bonchev–Trinajstić information content (AvgIpc) is 3.36. The fraction of sp³-hybridized carbons (Fsp3) is 0.150. The molecule has 7 heteroatoms. The Balaban J connectivity index is 1.38. The van der Waals surface area contributed by atoms with Gasteiger partial charge >= 0.3 is 0 Å². The zero-order chi connectivity index (χ0) is 18.6. The molecule has 7 nitrogen and oxygen atoms in total. The van der Waals surface area contributed by atoms with Gasteiger partial charge in [0.1, 0.15) is 24.1 Å². The van der Waals surface area contributed by atoms with E-state index in [-0.39, 0.29) is 5.91 Å². The Bertz CT molecular complexity index is 1050. The summed E-state index contributed by atoms with van der Waals surface area (Å²) in [6.07, 6.45) is 3.20. The summed E-state index contributed by atoms with van der Waals surface area (Å²) < 4.78 is 6.98. The van der Waals surface area contributed by atoms with Crippen LogP contribution in [0.5, 0.6) is 5.75 Å². The van der Waals surface area contributed by atoms with E-state index < -0.39 is 0 Å². The molecule has 0 aliphatic heterocycles. The van der Waals surface area contributed by atoms with Crippen molar-refractivity contribution in [3.05, 3.63) is 78.0 Å². The van der Waals surface area contributed by atoms with Gasteiger partial charge in [-0.2, -0.15) is 5.10 Å². The molecule has 0 aliphatic carbocycles. The van der Waals surface area contributed by atoms with Crippen LogP contribution >= 0.6 is 0 Å². The number of hydrogen-bond donors (Lipinski definition) is 2. The molecule has 136 valence electrons. The highest BCUT2D eigenvalue weighted by Crippen LogP contribution is 2.21. The number of nitrogens with zero attached hydrogens (tertiary/aromatic N) is 3. The fourth-order valence-corrected chi connectivity index (χ4v) is 2.90. The lowest BCUT2D eigenvalue weighted by molar-refractivity contribution is 0.0946. The molecule has 2 aromatic carbocycles. The van der Waals surface area contributed by atoms with E-state index in [1.165, 1.54) is 6.33 Å². The molecule has 0 aliphatic rings. The van der Waals surface area contributed by atoms with Gasteiger partial charge in [-0.1, -0.05) is 24.3 Å². The molecule has 0 saturated carbocycles. The minimum Gasteiger partial charge on any atom is -0.497 e. The van der Waals surface area contributed by atoms with E-state index in [1.807, 2.05) is 48.5 Å². The highest BCUT2D eigenvalue weighted by atomic mass is 16.5. The average molecular weight is 361 g/mol. The third-order valence-corrected chi connectivity index (χ3v) is 4.36. The second-order valence-corrected chi connectivity index (χ2v) is 6.23. The number of H-pyrrole nitrogens is 1. The van der Waals surface area contributed by atoms with Crippen molar-refractivity contribution >= 4 is 16.8 Å². The first kappa shape index (κ1) is 16.8. The van der Waals surface area contributed by atoms with Crippen LogP contribution in [0.25, 0.3) is 10.9 Å². The van der Waals surface area contributed by atoms with E-state index in [2.05, 4.69) is 20.4 Å². The maximum absolute atomic E-state index is 12.4. The lowest BCUT2D eigenvalue weighted by Crippen LogP contribution is -2.23. The Hall–Kier alpha value is -3.61. The molecule has 1 amide bonds. The van der Waals surface area contributed by atoms with Gasteiger partial charge in [0, 0.05) is 23.5 Å². The van der Waals surface area contributed by atoms with Gasteiger partial charge in [-0.3, -0.25) is 4.79 Å². The quantitative estimate of drug-likeness (QED) is 0.553.